The number of esters is 1. The Kier molecular flexibility index (Phi) is 7.63. The maximum absolute atomic E-state index is 13.0. The van der Waals surface area contributed by atoms with Gasteiger partial charge in [-0.1, -0.05) is 24.6 Å². The van der Waals surface area contributed by atoms with Gasteiger partial charge in [0.05, 0.1) is 10.5 Å². The molecule has 2 aromatic rings. The number of benzene rings is 2. The predicted molar refractivity (Wildman–Crippen MR) is 117 cm³/mol. The van der Waals surface area contributed by atoms with E-state index in [2.05, 4.69) is 0 Å². The summed E-state index contributed by atoms with van der Waals surface area (Å²) in [6.45, 7) is 2.35. The van der Waals surface area contributed by atoms with Crippen molar-refractivity contribution >= 4 is 21.9 Å². The first-order valence-electron chi connectivity index (χ1n) is 10.4. The monoisotopic (exact) mass is 462 g/mol. The molecular formula is C23H27FN2O5S. The number of likely N-dealkylation sites (N-methyl/N-ethyl adjacent to an activating group) is 1. The summed E-state index contributed by atoms with van der Waals surface area (Å²) in [4.78, 5) is 26.3. The zero-order valence-electron chi connectivity index (χ0n) is 18.2. The summed E-state index contributed by atoms with van der Waals surface area (Å²) >= 11 is 0. The van der Waals surface area contributed by atoms with Gasteiger partial charge in [-0.05, 0) is 55.2 Å². The molecular weight excluding hydrogens is 435 g/mol. The average molecular weight is 463 g/mol. The molecule has 1 fully saturated rings. The standard InChI is InChI=1S/C23H27FN2O5S/c1-17-6-11-20(32(29,30)26-12-4-3-5-13-26)14-21(17)23(28)31-16-22(27)25(2)15-18-7-9-19(24)10-8-18/h6-11,14H,3-5,12-13,15-16H2,1-2H3. The average Bonchev–Trinajstić information content (AvgIpc) is 2.79. The Balaban J connectivity index is 1.65. The van der Waals surface area contributed by atoms with Crippen molar-refractivity contribution in [3.63, 3.8) is 0 Å². The van der Waals surface area contributed by atoms with Crippen LogP contribution >= 0.6 is 0 Å². The van der Waals surface area contributed by atoms with Crippen molar-refractivity contribution in [3.8, 4) is 0 Å². The van der Waals surface area contributed by atoms with E-state index in [0.717, 1.165) is 24.8 Å². The molecule has 7 nitrogen and oxygen atoms in total. The van der Waals surface area contributed by atoms with Crippen LogP contribution in [0.25, 0.3) is 0 Å². The van der Waals surface area contributed by atoms with Gasteiger partial charge < -0.3 is 9.64 Å². The summed E-state index contributed by atoms with van der Waals surface area (Å²) < 4.78 is 45.4. The molecule has 32 heavy (non-hydrogen) atoms. The number of carbonyl (C=O) groups excluding carboxylic acids is 2. The molecule has 1 aliphatic rings. The first-order chi connectivity index (χ1) is 15.2. The van der Waals surface area contributed by atoms with E-state index >= 15 is 0 Å². The number of sulfonamides is 1. The zero-order valence-corrected chi connectivity index (χ0v) is 19.0. The van der Waals surface area contributed by atoms with Gasteiger partial charge in [-0.15, -0.1) is 0 Å². The Bertz CT molecular complexity index is 1080. The van der Waals surface area contributed by atoms with Crippen molar-refractivity contribution in [2.45, 2.75) is 37.6 Å². The molecule has 0 radical (unpaired) electrons. The molecule has 2 aromatic carbocycles. The highest BCUT2D eigenvalue weighted by atomic mass is 32.2. The van der Waals surface area contributed by atoms with E-state index in [1.165, 1.54) is 33.5 Å². The van der Waals surface area contributed by atoms with Crippen molar-refractivity contribution < 1.29 is 27.1 Å². The van der Waals surface area contributed by atoms with E-state index < -0.39 is 28.5 Å². The third kappa shape index (κ3) is 5.72. The largest absolute Gasteiger partial charge is 0.452 e. The topological polar surface area (TPSA) is 84.0 Å². The molecule has 3 rings (SSSR count). The van der Waals surface area contributed by atoms with E-state index in [-0.39, 0.29) is 22.8 Å². The van der Waals surface area contributed by atoms with Crippen molar-refractivity contribution in [2.24, 2.45) is 0 Å². The first-order valence-corrected chi connectivity index (χ1v) is 11.9. The van der Waals surface area contributed by atoms with Gasteiger partial charge in [-0.25, -0.2) is 17.6 Å². The number of ether oxygens (including phenoxy) is 1. The molecule has 0 unspecified atom stereocenters. The Hall–Kier alpha value is -2.78. The first kappa shape index (κ1) is 23.9. The SMILES string of the molecule is Cc1ccc(S(=O)(=O)N2CCCCC2)cc1C(=O)OCC(=O)N(C)Cc1ccc(F)cc1. The van der Waals surface area contributed by atoms with Crippen LogP contribution in [0.2, 0.25) is 0 Å². The molecule has 1 aliphatic heterocycles. The molecule has 0 N–H and O–H groups in total. The number of rotatable bonds is 7. The quantitative estimate of drug-likeness (QED) is 0.591. The smallest absolute Gasteiger partial charge is 0.338 e. The summed E-state index contributed by atoms with van der Waals surface area (Å²) in [7, 11) is -2.14. The molecule has 0 atom stereocenters. The maximum Gasteiger partial charge on any atom is 0.338 e. The summed E-state index contributed by atoms with van der Waals surface area (Å²) in [6.07, 6.45) is 2.63. The lowest BCUT2D eigenvalue weighted by Gasteiger charge is -2.26. The fourth-order valence-electron chi connectivity index (χ4n) is 3.50. The van der Waals surface area contributed by atoms with Gasteiger partial charge in [-0.2, -0.15) is 4.31 Å². The minimum atomic E-state index is -3.69. The number of aryl methyl sites for hydroxylation is 1. The minimum absolute atomic E-state index is 0.0386. The van der Waals surface area contributed by atoms with Crippen LogP contribution in [0.15, 0.2) is 47.4 Å². The van der Waals surface area contributed by atoms with Crippen LogP contribution in [0, 0.1) is 12.7 Å². The fraction of sp³-hybridized carbons (Fsp3) is 0.391. The lowest BCUT2D eigenvalue weighted by atomic mass is 10.1. The van der Waals surface area contributed by atoms with Crippen LogP contribution in [0.5, 0.6) is 0 Å². The Morgan fingerprint density at radius 3 is 2.38 bits per heavy atom. The molecule has 1 heterocycles. The van der Waals surface area contributed by atoms with E-state index in [1.807, 2.05) is 0 Å². The number of piperidine rings is 1. The lowest BCUT2D eigenvalue weighted by molar-refractivity contribution is -0.133. The number of halogens is 1. The fourth-order valence-corrected chi connectivity index (χ4v) is 5.05. The molecule has 9 heteroatoms. The van der Waals surface area contributed by atoms with Crippen LogP contribution in [-0.2, 0) is 26.1 Å². The second-order valence-electron chi connectivity index (χ2n) is 7.89. The van der Waals surface area contributed by atoms with Gasteiger partial charge in [0, 0.05) is 26.7 Å². The number of amides is 1. The van der Waals surface area contributed by atoms with Gasteiger partial charge in [0.2, 0.25) is 10.0 Å². The van der Waals surface area contributed by atoms with Gasteiger partial charge in [0.15, 0.2) is 6.61 Å². The third-order valence-electron chi connectivity index (χ3n) is 5.47. The number of hydrogen-bond acceptors (Lipinski definition) is 5. The van der Waals surface area contributed by atoms with E-state index in [4.69, 9.17) is 4.74 Å². The Labute approximate surface area is 187 Å². The van der Waals surface area contributed by atoms with Gasteiger partial charge in [0.25, 0.3) is 5.91 Å². The van der Waals surface area contributed by atoms with E-state index in [1.54, 1.807) is 32.2 Å². The van der Waals surface area contributed by atoms with Crippen LogP contribution in [0.1, 0.15) is 40.7 Å². The van der Waals surface area contributed by atoms with Crippen molar-refractivity contribution in [2.75, 3.05) is 26.7 Å². The highest BCUT2D eigenvalue weighted by Crippen LogP contribution is 2.23. The van der Waals surface area contributed by atoms with Crippen LogP contribution in [0.3, 0.4) is 0 Å². The van der Waals surface area contributed by atoms with Gasteiger partial charge in [-0.3, -0.25) is 4.79 Å². The zero-order chi connectivity index (χ0) is 23.3. The molecule has 0 aromatic heterocycles. The van der Waals surface area contributed by atoms with Crippen LogP contribution in [0.4, 0.5) is 4.39 Å². The highest BCUT2D eigenvalue weighted by Gasteiger charge is 2.27. The predicted octanol–water partition coefficient (Wildman–Crippen LogP) is 3.12. The molecule has 0 spiro atoms. The van der Waals surface area contributed by atoms with Crippen LogP contribution < -0.4 is 0 Å². The van der Waals surface area contributed by atoms with Crippen LogP contribution in [-0.4, -0.2) is 56.2 Å². The van der Waals surface area contributed by atoms with Gasteiger partial charge >= 0.3 is 5.97 Å². The van der Waals surface area contributed by atoms with E-state index in [9.17, 15) is 22.4 Å². The Morgan fingerprint density at radius 1 is 1.06 bits per heavy atom. The summed E-state index contributed by atoms with van der Waals surface area (Å²) in [6, 6.07) is 10.1. The lowest BCUT2D eigenvalue weighted by Crippen LogP contribution is -2.35. The molecule has 0 bridgehead atoms. The second-order valence-corrected chi connectivity index (χ2v) is 9.83. The van der Waals surface area contributed by atoms with Crippen molar-refractivity contribution in [1.82, 2.24) is 9.21 Å². The molecule has 0 saturated carbocycles. The normalized spacial score (nSPS) is 14.7. The molecule has 0 aliphatic carbocycles. The number of carbonyl (C=O) groups is 2. The summed E-state index contributed by atoms with van der Waals surface area (Å²) in [5.41, 5.74) is 1.40. The number of nitrogens with zero attached hydrogens (tertiary/aromatic N) is 2. The molecule has 1 amide bonds. The Morgan fingerprint density at radius 2 is 1.72 bits per heavy atom. The van der Waals surface area contributed by atoms with Crippen molar-refractivity contribution in [3.05, 3.63) is 65.0 Å². The molecule has 172 valence electrons. The molecule has 1 saturated heterocycles. The van der Waals surface area contributed by atoms with Gasteiger partial charge in [0.1, 0.15) is 5.82 Å². The second kappa shape index (κ2) is 10.2. The number of hydrogen-bond donors (Lipinski definition) is 0. The summed E-state index contributed by atoms with van der Waals surface area (Å²) in [5, 5.41) is 0. The third-order valence-corrected chi connectivity index (χ3v) is 7.36. The van der Waals surface area contributed by atoms with Crippen molar-refractivity contribution in [1.29, 1.82) is 0 Å². The maximum atomic E-state index is 13.0. The van der Waals surface area contributed by atoms with E-state index in [0.29, 0.717) is 18.7 Å². The minimum Gasteiger partial charge on any atom is -0.452 e. The highest BCUT2D eigenvalue weighted by molar-refractivity contribution is 7.89. The summed E-state index contributed by atoms with van der Waals surface area (Å²) in [5.74, 6) is -1.56.